The lowest BCUT2D eigenvalue weighted by Gasteiger charge is -2.32. The molecule has 0 aliphatic carbocycles. The third kappa shape index (κ3) is 4.80. The molecule has 1 saturated heterocycles. The minimum absolute atomic E-state index is 0.00757. The van der Waals surface area contributed by atoms with Gasteiger partial charge in [-0.1, -0.05) is 0 Å². The Labute approximate surface area is 176 Å². The Morgan fingerprint density at radius 2 is 2.03 bits per heavy atom. The number of hydrogen-bond donors (Lipinski definition) is 1. The van der Waals surface area contributed by atoms with Crippen molar-refractivity contribution in [3.8, 4) is 0 Å². The van der Waals surface area contributed by atoms with E-state index in [1.54, 1.807) is 12.3 Å². The van der Waals surface area contributed by atoms with Crippen LogP contribution in [0, 0.1) is 5.92 Å². The average molecular weight is 436 g/mol. The highest BCUT2D eigenvalue weighted by molar-refractivity contribution is 5.79. The number of hydrogen-bond acceptors (Lipinski definition) is 6. The van der Waals surface area contributed by atoms with Crippen molar-refractivity contribution in [2.24, 2.45) is 5.92 Å². The molecule has 1 amide bonds. The summed E-state index contributed by atoms with van der Waals surface area (Å²) in [5.41, 5.74) is 0.0360. The van der Waals surface area contributed by atoms with Gasteiger partial charge in [0.25, 0.3) is 5.82 Å². The van der Waals surface area contributed by atoms with Gasteiger partial charge in [-0.05, 0) is 50.5 Å². The second-order valence-corrected chi connectivity index (χ2v) is 7.77. The Balaban J connectivity index is 1.32. The Morgan fingerprint density at radius 3 is 2.71 bits per heavy atom. The summed E-state index contributed by atoms with van der Waals surface area (Å²) in [5, 5.41) is 13.8. The summed E-state index contributed by atoms with van der Waals surface area (Å²) in [6, 6.07) is 6.86. The number of amides is 1. The monoisotopic (exact) mass is 436 g/mol. The van der Waals surface area contributed by atoms with Crippen LogP contribution in [0.3, 0.4) is 0 Å². The van der Waals surface area contributed by atoms with E-state index in [9.17, 15) is 18.0 Å². The summed E-state index contributed by atoms with van der Waals surface area (Å²) in [6.45, 7) is 3.02. The van der Waals surface area contributed by atoms with Gasteiger partial charge in [0.1, 0.15) is 11.6 Å². The molecule has 3 aromatic heterocycles. The summed E-state index contributed by atoms with van der Waals surface area (Å²) < 4.78 is 45.3. The SMILES string of the molecule is C[C@H](CCc1ccco1)NC(=O)C1CCN(c2ccc3nnc(C(F)(F)F)n3n2)CC1. The van der Waals surface area contributed by atoms with E-state index in [0.717, 1.165) is 23.1 Å². The molecule has 0 bridgehead atoms. The van der Waals surface area contributed by atoms with E-state index >= 15 is 0 Å². The topological polar surface area (TPSA) is 88.6 Å². The number of rotatable bonds is 6. The molecule has 11 heteroatoms. The molecular formula is C20H23F3N6O2. The first-order valence-electron chi connectivity index (χ1n) is 10.2. The van der Waals surface area contributed by atoms with Crippen LogP contribution >= 0.6 is 0 Å². The molecule has 0 radical (unpaired) electrons. The highest BCUT2D eigenvalue weighted by Gasteiger charge is 2.38. The van der Waals surface area contributed by atoms with Gasteiger partial charge in [0, 0.05) is 31.5 Å². The maximum Gasteiger partial charge on any atom is 0.453 e. The molecule has 1 fully saturated rings. The van der Waals surface area contributed by atoms with Crippen LogP contribution in [-0.2, 0) is 17.4 Å². The number of aryl methyl sites for hydroxylation is 1. The number of anilines is 1. The molecule has 0 spiro atoms. The van der Waals surface area contributed by atoms with Gasteiger partial charge in [-0.2, -0.15) is 17.7 Å². The fourth-order valence-electron chi connectivity index (χ4n) is 3.74. The number of piperidine rings is 1. The van der Waals surface area contributed by atoms with Gasteiger partial charge in [0.05, 0.1) is 6.26 Å². The first kappa shape index (κ1) is 21.1. The van der Waals surface area contributed by atoms with E-state index in [-0.39, 0.29) is 23.5 Å². The number of fused-ring (bicyclic) bond motifs is 1. The van der Waals surface area contributed by atoms with Gasteiger partial charge in [0.15, 0.2) is 5.65 Å². The number of nitrogens with one attached hydrogen (secondary N) is 1. The number of halogens is 3. The Kier molecular flexibility index (Phi) is 5.84. The lowest BCUT2D eigenvalue weighted by Crippen LogP contribution is -2.43. The highest BCUT2D eigenvalue weighted by Crippen LogP contribution is 2.28. The Bertz CT molecular complexity index is 1030. The largest absolute Gasteiger partial charge is 0.469 e. The van der Waals surface area contributed by atoms with Crippen molar-refractivity contribution in [2.45, 2.75) is 44.8 Å². The van der Waals surface area contributed by atoms with Crippen LogP contribution in [-0.4, -0.2) is 44.8 Å². The van der Waals surface area contributed by atoms with Crippen molar-refractivity contribution in [3.63, 3.8) is 0 Å². The van der Waals surface area contributed by atoms with Crippen molar-refractivity contribution in [3.05, 3.63) is 42.1 Å². The number of aromatic nitrogens is 4. The molecule has 0 saturated carbocycles. The fourth-order valence-corrected chi connectivity index (χ4v) is 3.74. The molecular weight excluding hydrogens is 413 g/mol. The van der Waals surface area contributed by atoms with Gasteiger partial charge >= 0.3 is 6.18 Å². The zero-order valence-electron chi connectivity index (χ0n) is 17.0. The standard InChI is InChI=1S/C20H23F3N6O2/c1-13(4-5-15-3-2-12-31-15)24-18(30)14-8-10-28(11-9-14)17-7-6-16-25-26-19(20(21,22)23)29(16)27-17/h2-3,6-7,12-14H,4-5,8-11H2,1H3,(H,24,30)/t13-/m1/s1. The average Bonchev–Trinajstić information content (AvgIpc) is 3.41. The van der Waals surface area contributed by atoms with Crippen molar-refractivity contribution < 1.29 is 22.4 Å². The van der Waals surface area contributed by atoms with Crippen LogP contribution in [0.4, 0.5) is 19.0 Å². The van der Waals surface area contributed by atoms with E-state index in [4.69, 9.17) is 4.42 Å². The number of carbonyl (C=O) groups is 1. The van der Waals surface area contributed by atoms with Gasteiger partial charge < -0.3 is 14.6 Å². The van der Waals surface area contributed by atoms with E-state index in [2.05, 4.69) is 20.6 Å². The normalized spacial score (nSPS) is 16.6. The molecule has 1 N–H and O–H groups in total. The molecule has 0 aromatic carbocycles. The fraction of sp³-hybridized carbons (Fsp3) is 0.500. The minimum Gasteiger partial charge on any atom is -0.469 e. The van der Waals surface area contributed by atoms with Gasteiger partial charge in [-0.3, -0.25) is 4.79 Å². The van der Waals surface area contributed by atoms with E-state index in [1.807, 2.05) is 24.0 Å². The van der Waals surface area contributed by atoms with Crippen molar-refractivity contribution in [1.29, 1.82) is 0 Å². The van der Waals surface area contributed by atoms with E-state index in [1.165, 1.54) is 6.07 Å². The van der Waals surface area contributed by atoms with Gasteiger partial charge in [-0.15, -0.1) is 15.3 Å². The molecule has 166 valence electrons. The maximum atomic E-state index is 13.1. The summed E-state index contributed by atoms with van der Waals surface area (Å²) in [4.78, 5) is 14.5. The molecule has 1 atom stereocenters. The third-order valence-electron chi connectivity index (χ3n) is 5.48. The predicted octanol–water partition coefficient (Wildman–Crippen LogP) is 3.09. The number of alkyl halides is 3. The smallest absolute Gasteiger partial charge is 0.453 e. The number of nitrogens with zero attached hydrogens (tertiary/aromatic N) is 5. The lowest BCUT2D eigenvalue weighted by atomic mass is 9.95. The van der Waals surface area contributed by atoms with Crippen molar-refractivity contribution in [2.75, 3.05) is 18.0 Å². The number of carbonyl (C=O) groups excluding carboxylic acids is 1. The lowest BCUT2D eigenvalue weighted by molar-refractivity contribution is -0.146. The highest BCUT2D eigenvalue weighted by atomic mass is 19.4. The molecule has 1 aliphatic rings. The van der Waals surface area contributed by atoms with Gasteiger partial charge in [0.2, 0.25) is 5.91 Å². The molecule has 1 aliphatic heterocycles. The summed E-state index contributed by atoms with van der Waals surface area (Å²) in [6.07, 6.45) is -0.266. The quantitative estimate of drug-likeness (QED) is 0.639. The second-order valence-electron chi connectivity index (χ2n) is 7.77. The van der Waals surface area contributed by atoms with Crippen LogP contribution in [0.2, 0.25) is 0 Å². The third-order valence-corrected chi connectivity index (χ3v) is 5.48. The van der Waals surface area contributed by atoms with Crippen molar-refractivity contribution >= 4 is 17.4 Å². The van der Waals surface area contributed by atoms with Gasteiger partial charge in [-0.25, -0.2) is 0 Å². The Morgan fingerprint density at radius 1 is 1.26 bits per heavy atom. The summed E-state index contributed by atoms with van der Waals surface area (Å²) in [7, 11) is 0. The zero-order chi connectivity index (χ0) is 22.0. The predicted molar refractivity (Wildman–Crippen MR) is 105 cm³/mol. The summed E-state index contributed by atoms with van der Waals surface area (Å²) >= 11 is 0. The first-order valence-corrected chi connectivity index (χ1v) is 10.2. The second kappa shape index (κ2) is 8.56. The van der Waals surface area contributed by atoms with E-state index in [0.29, 0.717) is 31.7 Å². The van der Waals surface area contributed by atoms with E-state index < -0.39 is 12.0 Å². The molecule has 3 aromatic rings. The first-order chi connectivity index (χ1) is 14.8. The van der Waals surface area contributed by atoms with Crippen LogP contribution < -0.4 is 10.2 Å². The summed E-state index contributed by atoms with van der Waals surface area (Å²) in [5.74, 6) is 0.0196. The van der Waals surface area contributed by atoms with Crippen LogP contribution in [0.15, 0.2) is 34.9 Å². The van der Waals surface area contributed by atoms with Crippen LogP contribution in [0.1, 0.15) is 37.8 Å². The molecule has 31 heavy (non-hydrogen) atoms. The minimum atomic E-state index is -4.64. The van der Waals surface area contributed by atoms with Crippen LogP contribution in [0.25, 0.3) is 5.65 Å². The number of furan rings is 1. The molecule has 0 unspecified atom stereocenters. The Hall–Kier alpha value is -3.11. The van der Waals surface area contributed by atoms with Crippen LogP contribution in [0.5, 0.6) is 0 Å². The zero-order valence-corrected chi connectivity index (χ0v) is 17.0. The molecule has 8 nitrogen and oxygen atoms in total. The molecule has 4 heterocycles. The van der Waals surface area contributed by atoms with Crippen molar-refractivity contribution in [1.82, 2.24) is 25.1 Å². The maximum absolute atomic E-state index is 13.1. The molecule has 4 rings (SSSR count).